The van der Waals surface area contributed by atoms with Crippen LogP contribution in [0.25, 0.3) is 0 Å². The van der Waals surface area contributed by atoms with Gasteiger partial charge in [0.15, 0.2) is 0 Å². The van der Waals surface area contributed by atoms with Crippen LogP contribution in [-0.2, 0) is 10.2 Å². The molecule has 4 heteroatoms. The summed E-state index contributed by atoms with van der Waals surface area (Å²) in [6, 6.07) is 31.0. The molecule has 0 saturated carbocycles. The molecular formula is C21H17ClN2O. The fourth-order valence-electron chi connectivity index (χ4n) is 3.22. The number of hydrogen-bond acceptors (Lipinski definition) is 3. The average Bonchev–Trinajstić information content (AvgIpc) is 3.42. The van der Waals surface area contributed by atoms with Crippen molar-refractivity contribution in [3.8, 4) is 0 Å². The summed E-state index contributed by atoms with van der Waals surface area (Å²) < 4.78 is 5.90. The van der Waals surface area contributed by atoms with Crippen LogP contribution >= 0.6 is 11.6 Å². The molecule has 0 aliphatic carbocycles. The van der Waals surface area contributed by atoms with E-state index in [0.717, 1.165) is 16.7 Å². The second-order valence-corrected chi connectivity index (χ2v) is 6.51. The smallest absolute Gasteiger partial charge is 0.319 e. The molecule has 0 fully saturated rings. The van der Waals surface area contributed by atoms with Gasteiger partial charge in [0.2, 0.25) is 0 Å². The van der Waals surface area contributed by atoms with Crippen molar-refractivity contribution in [2.75, 3.05) is 6.61 Å². The van der Waals surface area contributed by atoms with E-state index < -0.39 is 10.7 Å². The van der Waals surface area contributed by atoms with Gasteiger partial charge in [0.05, 0.1) is 12.0 Å². The van der Waals surface area contributed by atoms with Crippen LogP contribution < -0.4 is 0 Å². The summed E-state index contributed by atoms with van der Waals surface area (Å²) in [6.07, 6.45) is 0. The van der Waals surface area contributed by atoms with Gasteiger partial charge in [-0.2, -0.15) is 0 Å². The Morgan fingerprint density at radius 2 is 1.04 bits per heavy atom. The summed E-state index contributed by atoms with van der Waals surface area (Å²) in [6.45, 7) is 0.335. The van der Waals surface area contributed by atoms with Crippen molar-refractivity contribution in [2.24, 2.45) is 10.2 Å². The minimum absolute atomic E-state index is 0.335. The first-order valence-electron chi connectivity index (χ1n) is 8.16. The Balaban J connectivity index is 1.90. The Labute approximate surface area is 151 Å². The van der Waals surface area contributed by atoms with Crippen LogP contribution in [0.3, 0.4) is 0 Å². The Bertz CT molecular complexity index is 764. The van der Waals surface area contributed by atoms with E-state index in [4.69, 9.17) is 16.3 Å². The molecule has 0 atom stereocenters. The normalized spacial score (nSPS) is 15.1. The summed E-state index contributed by atoms with van der Waals surface area (Å²) in [4.78, 5) is 0. The van der Waals surface area contributed by atoms with E-state index in [1.165, 1.54) is 0 Å². The Hall–Kier alpha value is -2.49. The van der Waals surface area contributed by atoms with Crippen molar-refractivity contribution in [2.45, 2.75) is 10.7 Å². The van der Waals surface area contributed by atoms with Gasteiger partial charge >= 0.3 is 5.31 Å². The molecule has 0 saturated heterocycles. The number of rotatable bonds is 6. The number of hydrogen-bond donors (Lipinski definition) is 0. The van der Waals surface area contributed by atoms with Crippen LogP contribution in [0.4, 0.5) is 0 Å². The number of ether oxygens (including phenoxy) is 1. The van der Waals surface area contributed by atoms with E-state index in [-0.39, 0.29) is 0 Å². The highest BCUT2D eigenvalue weighted by Gasteiger charge is 2.45. The predicted molar refractivity (Wildman–Crippen MR) is 98.6 cm³/mol. The van der Waals surface area contributed by atoms with Crippen molar-refractivity contribution < 1.29 is 4.74 Å². The van der Waals surface area contributed by atoms with Crippen molar-refractivity contribution in [3.63, 3.8) is 0 Å². The number of benzene rings is 3. The van der Waals surface area contributed by atoms with Gasteiger partial charge in [0.25, 0.3) is 0 Å². The van der Waals surface area contributed by atoms with Crippen LogP contribution in [0.15, 0.2) is 101 Å². The molecule has 0 amide bonds. The molecule has 0 N–H and O–H groups in total. The summed E-state index contributed by atoms with van der Waals surface area (Å²) in [5.41, 5.74) is 2.90. The first-order valence-corrected chi connectivity index (χ1v) is 8.54. The fraction of sp³-hybridized carbons (Fsp3) is 0.143. The van der Waals surface area contributed by atoms with Gasteiger partial charge in [-0.05, 0) is 28.3 Å². The van der Waals surface area contributed by atoms with Crippen molar-refractivity contribution in [1.29, 1.82) is 0 Å². The van der Waals surface area contributed by atoms with E-state index in [2.05, 4.69) is 46.6 Å². The van der Waals surface area contributed by atoms with Gasteiger partial charge in [0, 0.05) is 0 Å². The van der Waals surface area contributed by atoms with Crippen LogP contribution in [-0.4, -0.2) is 11.9 Å². The molecule has 0 spiro atoms. The van der Waals surface area contributed by atoms with Gasteiger partial charge in [-0.25, -0.2) is 0 Å². The van der Waals surface area contributed by atoms with Crippen LogP contribution in [0, 0.1) is 0 Å². The Morgan fingerprint density at radius 1 is 0.680 bits per heavy atom. The van der Waals surface area contributed by atoms with E-state index in [9.17, 15) is 0 Å². The second-order valence-electron chi connectivity index (χ2n) is 6.02. The Morgan fingerprint density at radius 3 is 1.36 bits per heavy atom. The monoisotopic (exact) mass is 348 g/mol. The van der Waals surface area contributed by atoms with Gasteiger partial charge in [-0.3, -0.25) is 0 Å². The highest BCUT2D eigenvalue weighted by molar-refractivity contribution is 6.23. The zero-order valence-corrected chi connectivity index (χ0v) is 14.3. The molecule has 0 radical (unpaired) electrons. The molecule has 0 unspecified atom stereocenters. The maximum atomic E-state index is 6.16. The molecule has 25 heavy (non-hydrogen) atoms. The molecular weight excluding hydrogens is 332 g/mol. The lowest BCUT2D eigenvalue weighted by Crippen LogP contribution is -2.36. The van der Waals surface area contributed by atoms with Crippen molar-refractivity contribution in [3.05, 3.63) is 108 Å². The minimum atomic E-state index is -1.23. The molecule has 1 aliphatic rings. The van der Waals surface area contributed by atoms with Crippen LogP contribution in [0.2, 0.25) is 0 Å². The Kier molecular flexibility index (Phi) is 4.12. The van der Waals surface area contributed by atoms with E-state index in [1.54, 1.807) is 0 Å². The largest absolute Gasteiger partial charge is 0.375 e. The number of halogens is 1. The third-order valence-corrected chi connectivity index (χ3v) is 4.79. The highest BCUT2D eigenvalue weighted by Crippen LogP contribution is 2.43. The topological polar surface area (TPSA) is 34.0 Å². The van der Waals surface area contributed by atoms with E-state index >= 15 is 0 Å². The summed E-state index contributed by atoms with van der Waals surface area (Å²) >= 11 is 6.16. The predicted octanol–water partition coefficient (Wildman–Crippen LogP) is 5.35. The molecule has 1 aliphatic heterocycles. The molecule has 0 aromatic heterocycles. The molecule has 1 heterocycles. The summed E-state index contributed by atoms with van der Waals surface area (Å²) in [7, 11) is 0. The standard InChI is InChI=1S/C21H17ClN2O/c22-21(23-24-21)25-16-20(17-10-4-1-5-11-17,18-12-6-2-7-13-18)19-14-8-3-9-15-19/h1-15H,16H2. The zero-order valence-electron chi connectivity index (χ0n) is 13.5. The second kappa shape index (κ2) is 6.43. The van der Waals surface area contributed by atoms with Crippen LogP contribution in [0.5, 0.6) is 0 Å². The minimum Gasteiger partial charge on any atom is -0.319 e. The molecule has 0 bridgehead atoms. The third kappa shape index (κ3) is 3.09. The quantitative estimate of drug-likeness (QED) is 0.335. The maximum Gasteiger partial charge on any atom is 0.375 e. The maximum absolute atomic E-state index is 6.16. The molecule has 124 valence electrons. The average molecular weight is 349 g/mol. The van der Waals surface area contributed by atoms with Gasteiger partial charge in [0.1, 0.15) is 0 Å². The highest BCUT2D eigenvalue weighted by atomic mass is 35.5. The van der Waals surface area contributed by atoms with Crippen molar-refractivity contribution >= 4 is 11.6 Å². The van der Waals surface area contributed by atoms with Gasteiger partial charge in [-0.1, -0.05) is 91.0 Å². The fourth-order valence-corrected chi connectivity index (χ4v) is 3.31. The lowest BCUT2D eigenvalue weighted by Gasteiger charge is -2.35. The van der Waals surface area contributed by atoms with Gasteiger partial charge in [-0.15, -0.1) is 10.2 Å². The summed E-state index contributed by atoms with van der Waals surface area (Å²) in [5.74, 6) is 0. The number of alkyl halides is 1. The molecule has 4 rings (SSSR count). The first kappa shape index (κ1) is 16.0. The number of nitrogens with zero attached hydrogens (tertiary/aromatic N) is 2. The molecule has 3 aromatic carbocycles. The first-order chi connectivity index (χ1) is 12.2. The van der Waals surface area contributed by atoms with E-state index in [1.807, 2.05) is 54.6 Å². The third-order valence-electron chi connectivity index (χ3n) is 4.53. The van der Waals surface area contributed by atoms with Gasteiger partial charge < -0.3 is 4.74 Å². The zero-order chi connectivity index (χ0) is 17.2. The van der Waals surface area contributed by atoms with E-state index in [0.29, 0.717) is 6.61 Å². The van der Waals surface area contributed by atoms with Crippen LogP contribution in [0.1, 0.15) is 16.7 Å². The molecule has 3 aromatic rings. The van der Waals surface area contributed by atoms with Crippen molar-refractivity contribution in [1.82, 2.24) is 0 Å². The molecule has 3 nitrogen and oxygen atoms in total. The lowest BCUT2D eigenvalue weighted by molar-refractivity contribution is 0.0566. The SMILES string of the molecule is ClC1(OCC(c2ccccc2)(c2ccccc2)c2ccccc2)N=N1. The summed E-state index contributed by atoms with van der Waals surface area (Å²) in [5, 5.41) is 6.34. The lowest BCUT2D eigenvalue weighted by atomic mass is 9.70.